The second-order valence-electron chi connectivity index (χ2n) is 5.34. The Morgan fingerprint density at radius 1 is 1.33 bits per heavy atom. The molecule has 1 aromatic rings. The van der Waals surface area contributed by atoms with Gasteiger partial charge >= 0.3 is 0 Å². The van der Waals surface area contributed by atoms with Crippen molar-refractivity contribution in [2.45, 2.75) is 39.2 Å². The molecule has 1 saturated carbocycles. The third-order valence-electron chi connectivity index (χ3n) is 3.54. The van der Waals surface area contributed by atoms with Gasteiger partial charge in [0.05, 0.1) is 12.6 Å². The van der Waals surface area contributed by atoms with Crippen LogP contribution in [0.5, 0.6) is 0 Å². The number of hydrogen-bond donors (Lipinski definition) is 1. The maximum absolute atomic E-state index is 5.86. The van der Waals surface area contributed by atoms with Crippen LogP contribution in [0.3, 0.4) is 0 Å². The summed E-state index contributed by atoms with van der Waals surface area (Å²) < 4.78 is 5.86. The quantitative estimate of drug-likeness (QED) is 0.759. The number of nitrogens with one attached hydrogen (secondary N) is 1. The van der Waals surface area contributed by atoms with Gasteiger partial charge in [0, 0.05) is 6.61 Å². The van der Waals surface area contributed by atoms with Crippen LogP contribution >= 0.6 is 0 Å². The Morgan fingerprint density at radius 2 is 2.11 bits per heavy atom. The average Bonchev–Trinajstić information content (AvgIpc) is 3.19. The second-order valence-corrected chi connectivity index (χ2v) is 5.34. The summed E-state index contributed by atoms with van der Waals surface area (Å²) in [5.74, 6) is 0.841. The second kappa shape index (κ2) is 6.91. The van der Waals surface area contributed by atoms with Gasteiger partial charge in [0.2, 0.25) is 0 Å². The molecular weight excluding hydrogens is 222 g/mol. The van der Waals surface area contributed by atoms with E-state index in [0.29, 0.717) is 6.04 Å². The van der Waals surface area contributed by atoms with E-state index in [2.05, 4.69) is 43.4 Å². The van der Waals surface area contributed by atoms with E-state index >= 15 is 0 Å². The summed E-state index contributed by atoms with van der Waals surface area (Å²) in [6.45, 7) is 7.16. The summed E-state index contributed by atoms with van der Waals surface area (Å²) in [6, 6.07) is 8.94. The molecule has 18 heavy (non-hydrogen) atoms. The van der Waals surface area contributed by atoms with E-state index < -0.39 is 0 Å². The van der Waals surface area contributed by atoms with Crippen molar-refractivity contribution >= 4 is 0 Å². The first kappa shape index (κ1) is 13.6. The van der Waals surface area contributed by atoms with E-state index in [1.807, 2.05) is 0 Å². The van der Waals surface area contributed by atoms with Gasteiger partial charge in [-0.1, -0.05) is 31.2 Å². The first-order valence-electron chi connectivity index (χ1n) is 7.18. The van der Waals surface area contributed by atoms with Crippen LogP contribution in [0.1, 0.15) is 43.4 Å². The minimum Gasteiger partial charge on any atom is -0.379 e. The normalized spacial score (nSPS) is 16.8. The molecule has 1 atom stereocenters. The maximum Gasteiger partial charge on any atom is 0.0661 e. The first-order valence-corrected chi connectivity index (χ1v) is 7.18. The number of rotatable bonds is 8. The minimum absolute atomic E-state index is 0.338. The van der Waals surface area contributed by atoms with Gasteiger partial charge in [-0.2, -0.15) is 0 Å². The predicted octanol–water partition coefficient (Wildman–Crippen LogP) is 3.46. The van der Waals surface area contributed by atoms with E-state index in [-0.39, 0.29) is 0 Å². The lowest BCUT2D eigenvalue weighted by Crippen LogP contribution is -2.27. The summed E-state index contributed by atoms with van der Waals surface area (Å²) in [7, 11) is 0. The van der Waals surface area contributed by atoms with Gasteiger partial charge in [-0.05, 0) is 49.8 Å². The molecule has 0 heterocycles. The smallest absolute Gasteiger partial charge is 0.0661 e. The highest BCUT2D eigenvalue weighted by Gasteiger charge is 2.22. The Balaban J connectivity index is 1.91. The minimum atomic E-state index is 0.338. The van der Waals surface area contributed by atoms with Gasteiger partial charge in [-0.15, -0.1) is 0 Å². The van der Waals surface area contributed by atoms with Gasteiger partial charge in [-0.3, -0.25) is 0 Å². The van der Waals surface area contributed by atoms with Crippen LogP contribution < -0.4 is 5.32 Å². The molecule has 0 bridgehead atoms. The van der Waals surface area contributed by atoms with Crippen LogP contribution in [0.25, 0.3) is 0 Å². The van der Waals surface area contributed by atoms with Crippen molar-refractivity contribution < 1.29 is 4.74 Å². The SMILES string of the molecule is CCCNC(COCC1CC1)c1ccccc1C. The summed E-state index contributed by atoms with van der Waals surface area (Å²) >= 11 is 0. The molecule has 2 heteroatoms. The van der Waals surface area contributed by atoms with E-state index in [1.54, 1.807) is 0 Å². The zero-order chi connectivity index (χ0) is 12.8. The fourth-order valence-corrected chi connectivity index (χ4v) is 2.19. The van der Waals surface area contributed by atoms with Crippen LogP contribution in [0.15, 0.2) is 24.3 Å². The number of hydrogen-bond acceptors (Lipinski definition) is 2. The third-order valence-corrected chi connectivity index (χ3v) is 3.54. The van der Waals surface area contributed by atoms with E-state index in [4.69, 9.17) is 4.74 Å². The summed E-state index contributed by atoms with van der Waals surface area (Å²) in [6.07, 6.45) is 3.87. The van der Waals surface area contributed by atoms with Gasteiger partial charge in [0.1, 0.15) is 0 Å². The molecule has 0 saturated heterocycles. The van der Waals surface area contributed by atoms with Crippen molar-refractivity contribution in [2.24, 2.45) is 5.92 Å². The molecule has 1 N–H and O–H groups in total. The molecule has 0 aromatic heterocycles. The Bertz CT molecular complexity index is 360. The zero-order valence-electron chi connectivity index (χ0n) is 11.6. The predicted molar refractivity (Wildman–Crippen MR) is 75.8 cm³/mol. The van der Waals surface area contributed by atoms with Gasteiger partial charge < -0.3 is 10.1 Å². The average molecular weight is 247 g/mol. The lowest BCUT2D eigenvalue weighted by molar-refractivity contribution is 0.102. The van der Waals surface area contributed by atoms with E-state index in [9.17, 15) is 0 Å². The van der Waals surface area contributed by atoms with Crippen LogP contribution in [0.2, 0.25) is 0 Å². The molecule has 1 aromatic carbocycles. The van der Waals surface area contributed by atoms with E-state index in [0.717, 1.165) is 32.1 Å². The molecule has 1 fully saturated rings. The van der Waals surface area contributed by atoms with Gasteiger partial charge in [0.25, 0.3) is 0 Å². The van der Waals surface area contributed by atoms with Crippen LogP contribution in [-0.4, -0.2) is 19.8 Å². The lowest BCUT2D eigenvalue weighted by Gasteiger charge is -2.21. The number of ether oxygens (including phenoxy) is 1. The van der Waals surface area contributed by atoms with Crippen molar-refractivity contribution in [3.05, 3.63) is 35.4 Å². The van der Waals surface area contributed by atoms with Crippen LogP contribution in [-0.2, 0) is 4.74 Å². The molecule has 0 amide bonds. The Labute approximate surface area is 111 Å². The molecular formula is C16H25NO. The van der Waals surface area contributed by atoms with Gasteiger partial charge in [0.15, 0.2) is 0 Å². The zero-order valence-corrected chi connectivity index (χ0v) is 11.6. The third kappa shape index (κ3) is 4.11. The topological polar surface area (TPSA) is 21.3 Å². The standard InChI is InChI=1S/C16H25NO/c1-3-10-17-16(12-18-11-14-8-9-14)15-7-5-4-6-13(15)2/h4-7,14,16-17H,3,8-12H2,1-2H3. The van der Waals surface area contributed by atoms with Crippen molar-refractivity contribution in [1.82, 2.24) is 5.32 Å². The molecule has 0 spiro atoms. The monoisotopic (exact) mass is 247 g/mol. The summed E-state index contributed by atoms with van der Waals surface area (Å²) in [5.41, 5.74) is 2.72. The largest absolute Gasteiger partial charge is 0.379 e. The van der Waals surface area contributed by atoms with Crippen molar-refractivity contribution in [1.29, 1.82) is 0 Å². The Hall–Kier alpha value is -0.860. The van der Waals surface area contributed by atoms with Crippen LogP contribution in [0, 0.1) is 12.8 Å². The highest BCUT2D eigenvalue weighted by Crippen LogP contribution is 2.29. The fourth-order valence-electron chi connectivity index (χ4n) is 2.19. The Morgan fingerprint density at radius 3 is 2.78 bits per heavy atom. The molecule has 0 aliphatic heterocycles. The molecule has 1 aliphatic rings. The molecule has 2 nitrogen and oxygen atoms in total. The highest BCUT2D eigenvalue weighted by atomic mass is 16.5. The maximum atomic E-state index is 5.86. The van der Waals surface area contributed by atoms with Crippen LogP contribution in [0.4, 0.5) is 0 Å². The number of benzene rings is 1. The molecule has 1 aliphatic carbocycles. The molecule has 100 valence electrons. The summed E-state index contributed by atoms with van der Waals surface area (Å²) in [5, 5.41) is 3.60. The fraction of sp³-hybridized carbons (Fsp3) is 0.625. The highest BCUT2D eigenvalue weighted by molar-refractivity contribution is 5.28. The Kier molecular flexibility index (Phi) is 5.21. The van der Waals surface area contributed by atoms with Crippen molar-refractivity contribution in [3.63, 3.8) is 0 Å². The van der Waals surface area contributed by atoms with Gasteiger partial charge in [-0.25, -0.2) is 0 Å². The molecule has 2 rings (SSSR count). The lowest BCUT2D eigenvalue weighted by atomic mass is 10.0. The molecule has 0 radical (unpaired) electrons. The van der Waals surface area contributed by atoms with Crippen molar-refractivity contribution in [2.75, 3.05) is 19.8 Å². The van der Waals surface area contributed by atoms with Crippen molar-refractivity contribution in [3.8, 4) is 0 Å². The number of aryl methyl sites for hydroxylation is 1. The van der Waals surface area contributed by atoms with E-state index in [1.165, 1.54) is 24.0 Å². The summed E-state index contributed by atoms with van der Waals surface area (Å²) in [4.78, 5) is 0. The molecule has 1 unspecified atom stereocenters. The first-order chi connectivity index (χ1) is 8.81.